The van der Waals surface area contributed by atoms with Crippen molar-refractivity contribution in [3.63, 3.8) is 0 Å². The number of carbonyl (C=O) groups is 1. The van der Waals surface area contributed by atoms with Gasteiger partial charge in [0.15, 0.2) is 5.82 Å². The number of nitrogens with zero attached hydrogens (tertiary/aromatic N) is 4. The third-order valence-electron chi connectivity index (χ3n) is 3.15. The van der Waals surface area contributed by atoms with E-state index in [-0.39, 0.29) is 5.69 Å². The van der Waals surface area contributed by atoms with Gasteiger partial charge in [0.05, 0.1) is 21.4 Å². The monoisotopic (exact) mass is 359 g/mol. The van der Waals surface area contributed by atoms with E-state index in [0.717, 1.165) is 11.3 Å². The summed E-state index contributed by atoms with van der Waals surface area (Å²) < 4.78 is 0. The number of amides is 1. The molecule has 24 heavy (non-hydrogen) atoms. The number of nitrogens with one attached hydrogen (secondary N) is 1. The van der Waals surface area contributed by atoms with Gasteiger partial charge in [0.2, 0.25) is 0 Å². The maximum absolute atomic E-state index is 12.3. The van der Waals surface area contributed by atoms with Gasteiger partial charge < -0.3 is 5.32 Å². The smallest absolute Gasteiger partial charge is 0.275 e. The van der Waals surface area contributed by atoms with Crippen LogP contribution in [-0.2, 0) is 0 Å². The van der Waals surface area contributed by atoms with Crippen molar-refractivity contribution in [3.05, 3.63) is 64.2 Å². The molecule has 0 saturated carbocycles. The molecule has 0 fully saturated rings. The molecule has 0 radical (unpaired) electrons. The van der Waals surface area contributed by atoms with E-state index < -0.39 is 5.91 Å². The molecule has 3 aromatic rings. The molecule has 1 N–H and O–H groups in total. The van der Waals surface area contributed by atoms with Gasteiger partial charge in [-0.1, -0.05) is 29.3 Å². The summed E-state index contributed by atoms with van der Waals surface area (Å²) in [5.74, 6) is -0.0582. The molecule has 0 atom stereocenters. The van der Waals surface area contributed by atoms with Crippen molar-refractivity contribution in [2.24, 2.45) is 0 Å². The molecule has 2 heterocycles. The lowest BCUT2D eigenvalue weighted by atomic mass is 10.1. The van der Waals surface area contributed by atoms with Crippen molar-refractivity contribution in [3.8, 4) is 11.3 Å². The fourth-order valence-electron chi connectivity index (χ4n) is 1.94. The number of halogens is 2. The number of benzene rings is 1. The fourth-order valence-corrected chi connectivity index (χ4v) is 2.24. The number of aryl methyl sites for hydroxylation is 1. The maximum atomic E-state index is 12.3. The summed E-state index contributed by atoms with van der Waals surface area (Å²) >= 11 is 11.9. The lowest BCUT2D eigenvalue weighted by Crippen LogP contribution is -2.15. The minimum absolute atomic E-state index is 0.202. The first-order valence-electron chi connectivity index (χ1n) is 6.92. The first kappa shape index (κ1) is 16.3. The highest BCUT2D eigenvalue weighted by Gasteiger charge is 2.11. The number of hydrogen-bond acceptors (Lipinski definition) is 5. The maximum Gasteiger partial charge on any atom is 0.275 e. The quantitative estimate of drug-likeness (QED) is 0.768. The molecule has 6 nitrogen and oxygen atoms in total. The minimum Gasteiger partial charge on any atom is -0.304 e. The third kappa shape index (κ3) is 3.67. The fraction of sp³-hybridized carbons (Fsp3) is 0.0625. The Morgan fingerprint density at radius 1 is 1.00 bits per heavy atom. The summed E-state index contributed by atoms with van der Waals surface area (Å²) in [4.78, 5) is 20.4. The van der Waals surface area contributed by atoms with Gasteiger partial charge in [0, 0.05) is 5.56 Å². The lowest BCUT2D eigenvalue weighted by molar-refractivity contribution is 0.102. The molecule has 1 amide bonds. The van der Waals surface area contributed by atoms with E-state index in [9.17, 15) is 4.79 Å². The van der Waals surface area contributed by atoms with Gasteiger partial charge >= 0.3 is 0 Å². The van der Waals surface area contributed by atoms with E-state index in [1.807, 2.05) is 6.92 Å². The Hall–Kier alpha value is -2.57. The van der Waals surface area contributed by atoms with Crippen LogP contribution < -0.4 is 5.32 Å². The van der Waals surface area contributed by atoms with Gasteiger partial charge in [-0.05, 0) is 37.3 Å². The number of hydrogen-bond donors (Lipinski definition) is 1. The van der Waals surface area contributed by atoms with Crippen molar-refractivity contribution in [2.75, 3.05) is 5.32 Å². The summed E-state index contributed by atoms with van der Waals surface area (Å²) in [5.41, 5.74) is 2.25. The zero-order valence-electron chi connectivity index (χ0n) is 12.5. The van der Waals surface area contributed by atoms with Gasteiger partial charge in [-0.3, -0.25) is 4.79 Å². The molecule has 1 aromatic carbocycles. The highest BCUT2D eigenvalue weighted by molar-refractivity contribution is 6.42. The summed E-state index contributed by atoms with van der Waals surface area (Å²) in [5, 5.41) is 11.3. The van der Waals surface area contributed by atoms with Crippen molar-refractivity contribution >= 4 is 34.9 Å². The molecule has 0 unspecified atom stereocenters. The third-order valence-corrected chi connectivity index (χ3v) is 3.89. The van der Waals surface area contributed by atoms with Gasteiger partial charge in [0.1, 0.15) is 12.0 Å². The van der Waals surface area contributed by atoms with Crippen LogP contribution in [0.5, 0.6) is 0 Å². The van der Waals surface area contributed by atoms with Gasteiger partial charge in [-0.25, -0.2) is 9.97 Å². The van der Waals surface area contributed by atoms with Crippen LogP contribution >= 0.6 is 23.2 Å². The second-order valence-electron chi connectivity index (χ2n) is 4.93. The van der Waals surface area contributed by atoms with Crippen LogP contribution in [0.15, 0.2) is 42.7 Å². The summed E-state index contributed by atoms with van der Waals surface area (Å²) in [6.07, 6.45) is 1.31. The van der Waals surface area contributed by atoms with Crippen molar-refractivity contribution in [2.45, 2.75) is 6.92 Å². The van der Waals surface area contributed by atoms with E-state index in [4.69, 9.17) is 23.2 Å². The Balaban J connectivity index is 1.85. The molecule has 0 aliphatic rings. The van der Waals surface area contributed by atoms with Crippen molar-refractivity contribution in [1.82, 2.24) is 20.2 Å². The van der Waals surface area contributed by atoms with Crippen LogP contribution in [0.2, 0.25) is 10.0 Å². The van der Waals surface area contributed by atoms with Gasteiger partial charge in [0.25, 0.3) is 5.91 Å². The SMILES string of the molecule is Cc1ccc(NC(=O)c2cc(-c3ccc(Cl)c(Cl)c3)ncn2)nn1. The van der Waals surface area contributed by atoms with Crippen LogP contribution in [0.25, 0.3) is 11.3 Å². The number of anilines is 1. The molecule has 2 aromatic heterocycles. The zero-order valence-corrected chi connectivity index (χ0v) is 14.0. The molecular formula is C16H11Cl2N5O. The lowest BCUT2D eigenvalue weighted by Gasteiger charge is -2.06. The molecule has 0 spiro atoms. The molecule has 0 aliphatic carbocycles. The minimum atomic E-state index is -0.406. The molecule has 3 rings (SSSR count). The standard InChI is InChI=1S/C16H11Cl2N5O/c1-9-2-5-15(23-22-9)21-16(24)14-7-13(19-8-20-14)10-3-4-11(17)12(18)6-10/h2-8H,1H3,(H,21,23,24). The Labute approximate surface area is 147 Å². The Bertz CT molecular complexity index is 899. The number of carbonyl (C=O) groups excluding carboxylic acids is 1. The van der Waals surface area contributed by atoms with E-state index in [1.54, 1.807) is 36.4 Å². The van der Waals surface area contributed by atoms with Crippen LogP contribution in [0, 0.1) is 6.92 Å². The zero-order chi connectivity index (χ0) is 17.1. The first-order chi connectivity index (χ1) is 11.5. The largest absolute Gasteiger partial charge is 0.304 e. The predicted octanol–water partition coefficient (Wildman–Crippen LogP) is 3.80. The second kappa shape index (κ2) is 6.90. The summed E-state index contributed by atoms with van der Waals surface area (Å²) in [6, 6.07) is 10.1. The highest BCUT2D eigenvalue weighted by atomic mass is 35.5. The predicted molar refractivity (Wildman–Crippen MR) is 92.2 cm³/mol. The normalized spacial score (nSPS) is 10.5. The van der Waals surface area contributed by atoms with Crippen molar-refractivity contribution in [1.29, 1.82) is 0 Å². The van der Waals surface area contributed by atoms with E-state index in [0.29, 0.717) is 21.6 Å². The Morgan fingerprint density at radius 3 is 2.54 bits per heavy atom. The molecule has 0 bridgehead atoms. The summed E-state index contributed by atoms with van der Waals surface area (Å²) in [7, 11) is 0. The Morgan fingerprint density at radius 2 is 1.83 bits per heavy atom. The molecule has 0 saturated heterocycles. The summed E-state index contributed by atoms with van der Waals surface area (Å²) in [6.45, 7) is 1.81. The number of aromatic nitrogens is 4. The average molecular weight is 360 g/mol. The van der Waals surface area contributed by atoms with E-state index in [1.165, 1.54) is 6.33 Å². The van der Waals surface area contributed by atoms with Crippen LogP contribution in [-0.4, -0.2) is 26.1 Å². The first-order valence-corrected chi connectivity index (χ1v) is 7.67. The van der Waals surface area contributed by atoms with Crippen LogP contribution in [0.4, 0.5) is 5.82 Å². The molecule has 120 valence electrons. The van der Waals surface area contributed by atoms with E-state index >= 15 is 0 Å². The second-order valence-corrected chi connectivity index (χ2v) is 5.75. The molecular weight excluding hydrogens is 349 g/mol. The molecule has 8 heteroatoms. The highest BCUT2D eigenvalue weighted by Crippen LogP contribution is 2.27. The van der Waals surface area contributed by atoms with Crippen LogP contribution in [0.3, 0.4) is 0 Å². The van der Waals surface area contributed by atoms with Crippen molar-refractivity contribution < 1.29 is 4.79 Å². The van der Waals surface area contributed by atoms with E-state index in [2.05, 4.69) is 25.5 Å². The van der Waals surface area contributed by atoms with Gasteiger partial charge in [-0.15, -0.1) is 5.10 Å². The Kier molecular flexibility index (Phi) is 4.69. The molecule has 0 aliphatic heterocycles. The average Bonchev–Trinajstić information content (AvgIpc) is 2.59. The topological polar surface area (TPSA) is 80.7 Å². The van der Waals surface area contributed by atoms with Gasteiger partial charge in [-0.2, -0.15) is 5.10 Å². The number of rotatable bonds is 3. The van der Waals surface area contributed by atoms with Crippen LogP contribution in [0.1, 0.15) is 16.2 Å².